The van der Waals surface area contributed by atoms with Crippen molar-refractivity contribution in [1.29, 1.82) is 0 Å². The van der Waals surface area contributed by atoms with Crippen LogP contribution in [0.3, 0.4) is 0 Å². The van der Waals surface area contributed by atoms with Crippen molar-refractivity contribution in [3.63, 3.8) is 0 Å². The van der Waals surface area contributed by atoms with Crippen LogP contribution >= 0.6 is 23.4 Å². The Hall–Kier alpha value is -3.20. The number of rotatable bonds is 8. The second kappa shape index (κ2) is 13.8. The summed E-state index contributed by atoms with van der Waals surface area (Å²) in [6.45, 7) is 5.93. The Labute approximate surface area is 260 Å². The lowest BCUT2D eigenvalue weighted by Gasteiger charge is -2.43. The smallest absolute Gasteiger partial charge is 0.359 e. The number of ether oxygens (including phenoxy) is 2. The fourth-order valence-corrected chi connectivity index (χ4v) is 6.90. The summed E-state index contributed by atoms with van der Waals surface area (Å²) in [5.41, 5.74) is -2.33. The molecule has 2 amide bonds. The molecule has 2 unspecified atom stereocenters. The van der Waals surface area contributed by atoms with Gasteiger partial charge in [0.25, 0.3) is 0 Å². The summed E-state index contributed by atoms with van der Waals surface area (Å²) in [6, 6.07) is 1.04. The van der Waals surface area contributed by atoms with Crippen LogP contribution in [0.4, 0.5) is 27.6 Å². The number of piperazine rings is 1. The van der Waals surface area contributed by atoms with Crippen LogP contribution in [0.5, 0.6) is 0 Å². The van der Waals surface area contributed by atoms with Crippen LogP contribution in [0.15, 0.2) is 40.7 Å². The predicted molar refractivity (Wildman–Crippen MR) is 158 cm³/mol. The first-order chi connectivity index (χ1) is 20.9. The van der Waals surface area contributed by atoms with Crippen molar-refractivity contribution < 1.29 is 41.0 Å². The summed E-state index contributed by atoms with van der Waals surface area (Å²) in [6.07, 6.45) is -3.34. The Balaban J connectivity index is 2.00. The van der Waals surface area contributed by atoms with E-state index in [0.717, 1.165) is 23.9 Å². The van der Waals surface area contributed by atoms with Crippen molar-refractivity contribution in [2.45, 2.75) is 30.1 Å². The second-order valence-electron chi connectivity index (χ2n) is 10.1. The molecular weight excluding hydrogens is 631 g/mol. The normalized spacial score (nSPS) is 19.2. The van der Waals surface area contributed by atoms with E-state index < -0.39 is 45.6 Å². The number of fused-ring (bicyclic) bond motifs is 1. The maximum Gasteiger partial charge on any atom is 0.417 e. The Bertz CT molecular complexity index is 1470. The molecule has 0 saturated carbocycles. The van der Waals surface area contributed by atoms with Gasteiger partial charge in [-0.15, -0.1) is 11.8 Å². The SMILES string of the molecule is C=CC(=O)N1CCN(C(=NC)c2cc(C(F)(F)F)c(-c3cc(Cl)c(F)cc3F)c3c2N(C=O)C(COCOC)CS3)C(C)C1. The van der Waals surface area contributed by atoms with Gasteiger partial charge in [0.2, 0.25) is 12.3 Å². The summed E-state index contributed by atoms with van der Waals surface area (Å²) < 4.78 is 84.3. The van der Waals surface area contributed by atoms with Crippen molar-refractivity contribution >= 4 is 47.2 Å². The molecule has 2 aromatic rings. The van der Waals surface area contributed by atoms with E-state index in [4.69, 9.17) is 21.1 Å². The minimum atomic E-state index is -5.00. The summed E-state index contributed by atoms with van der Waals surface area (Å²) in [7, 11) is 2.83. The third kappa shape index (κ3) is 6.58. The number of hydrogen-bond donors (Lipinski definition) is 0. The molecule has 1 fully saturated rings. The van der Waals surface area contributed by atoms with Crippen molar-refractivity contribution in [3.05, 3.63) is 58.6 Å². The van der Waals surface area contributed by atoms with Gasteiger partial charge in [-0.25, -0.2) is 8.78 Å². The molecule has 0 aromatic heterocycles. The lowest BCUT2D eigenvalue weighted by atomic mass is 9.92. The standard InChI is InChI=1S/C29H30ClF5N4O4S/c1-5-24(41)37-6-7-38(16(2)11-37)28(36-3)19-8-20(29(33,34)35)25(18-9-21(30)23(32)10-22(18)31)27-26(19)39(14-40)17(13-44-27)12-43-15-42-4/h5,8-10,14,16-17H,1,6-7,11-13,15H2,2-4H3. The molecule has 15 heteroatoms. The summed E-state index contributed by atoms with van der Waals surface area (Å²) in [4.78, 5) is 33.8. The van der Waals surface area contributed by atoms with Crippen molar-refractivity contribution in [1.82, 2.24) is 9.80 Å². The molecule has 2 atom stereocenters. The first-order valence-electron chi connectivity index (χ1n) is 13.4. The molecule has 0 spiro atoms. The highest BCUT2D eigenvalue weighted by Crippen LogP contribution is 2.52. The van der Waals surface area contributed by atoms with Crippen LogP contribution in [-0.2, 0) is 25.2 Å². The second-order valence-corrected chi connectivity index (χ2v) is 11.5. The van der Waals surface area contributed by atoms with Gasteiger partial charge in [-0.05, 0) is 25.1 Å². The molecule has 0 aliphatic carbocycles. The highest BCUT2D eigenvalue weighted by molar-refractivity contribution is 7.99. The van der Waals surface area contributed by atoms with Gasteiger partial charge in [0.1, 0.15) is 24.3 Å². The molecule has 2 aliphatic rings. The summed E-state index contributed by atoms with van der Waals surface area (Å²) >= 11 is 6.90. The Morgan fingerprint density at radius 2 is 1.95 bits per heavy atom. The van der Waals surface area contributed by atoms with Gasteiger partial charge in [-0.3, -0.25) is 14.6 Å². The third-order valence-electron chi connectivity index (χ3n) is 7.38. The number of carbonyl (C=O) groups excluding carboxylic acids is 2. The molecule has 0 bridgehead atoms. The monoisotopic (exact) mass is 660 g/mol. The first kappa shape index (κ1) is 33.7. The van der Waals surface area contributed by atoms with Gasteiger partial charge in [0.05, 0.1) is 28.9 Å². The molecule has 0 radical (unpaired) electrons. The number of aliphatic imine (C=N–C) groups is 1. The third-order valence-corrected chi connectivity index (χ3v) is 8.90. The molecule has 44 heavy (non-hydrogen) atoms. The number of amides is 2. The number of thioether (sulfide) groups is 1. The minimum Gasteiger partial charge on any atom is -0.359 e. The molecule has 1 saturated heterocycles. The Kier molecular flexibility index (Phi) is 10.6. The van der Waals surface area contributed by atoms with E-state index in [1.54, 1.807) is 16.7 Å². The van der Waals surface area contributed by atoms with E-state index in [2.05, 4.69) is 11.6 Å². The van der Waals surface area contributed by atoms with E-state index in [1.165, 1.54) is 25.1 Å². The van der Waals surface area contributed by atoms with Crippen LogP contribution in [-0.4, -0.2) is 93.0 Å². The molecule has 0 N–H and O–H groups in total. The zero-order chi connectivity index (χ0) is 32.3. The zero-order valence-corrected chi connectivity index (χ0v) is 25.7. The topological polar surface area (TPSA) is 74.7 Å². The Morgan fingerprint density at radius 3 is 2.55 bits per heavy atom. The number of hydrogen-bond acceptors (Lipinski definition) is 6. The van der Waals surface area contributed by atoms with E-state index in [9.17, 15) is 27.2 Å². The van der Waals surface area contributed by atoms with Gasteiger partial charge in [0.15, 0.2) is 0 Å². The quantitative estimate of drug-likeness (QED) is 0.0548. The maximum absolute atomic E-state index is 15.3. The van der Waals surface area contributed by atoms with E-state index in [0.29, 0.717) is 12.5 Å². The number of anilines is 1. The summed E-state index contributed by atoms with van der Waals surface area (Å²) in [5, 5.41) is -0.567. The summed E-state index contributed by atoms with van der Waals surface area (Å²) in [5.74, 6) is -2.43. The van der Waals surface area contributed by atoms with Crippen molar-refractivity contribution in [3.8, 4) is 11.1 Å². The highest BCUT2D eigenvalue weighted by atomic mass is 35.5. The van der Waals surface area contributed by atoms with Crippen LogP contribution < -0.4 is 4.90 Å². The zero-order valence-electron chi connectivity index (χ0n) is 24.1. The minimum absolute atomic E-state index is 0.0110. The average molecular weight is 661 g/mol. The van der Waals surface area contributed by atoms with Crippen LogP contribution in [0, 0.1) is 11.6 Å². The van der Waals surface area contributed by atoms with Crippen LogP contribution in [0.25, 0.3) is 11.1 Å². The van der Waals surface area contributed by atoms with Crippen LogP contribution in [0.2, 0.25) is 5.02 Å². The maximum atomic E-state index is 15.3. The number of alkyl halides is 3. The van der Waals surface area contributed by atoms with Gasteiger partial charge in [0, 0.05) is 73.2 Å². The molecule has 4 rings (SSSR count). The number of methoxy groups -OCH3 is 1. The fourth-order valence-electron chi connectivity index (χ4n) is 5.40. The van der Waals surface area contributed by atoms with E-state index in [1.807, 2.05) is 0 Å². The molecule has 2 aromatic carbocycles. The number of benzene rings is 2. The number of carbonyl (C=O) groups is 2. The number of amidine groups is 1. The molecule has 8 nitrogen and oxygen atoms in total. The van der Waals surface area contributed by atoms with Gasteiger partial charge < -0.3 is 24.2 Å². The molecule has 2 aliphatic heterocycles. The first-order valence-corrected chi connectivity index (χ1v) is 14.8. The van der Waals surface area contributed by atoms with E-state index in [-0.39, 0.29) is 72.7 Å². The lowest BCUT2D eigenvalue weighted by Crippen LogP contribution is -2.55. The van der Waals surface area contributed by atoms with Crippen LogP contribution in [0.1, 0.15) is 18.1 Å². The number of halogens is 6. The molecular formula is C29H30ClF5N4O4S. The number of nitrogens with zero attached hydrogens (tertiary/aromatic N) is 4. The van der Waals surface area contributed by atoms with Gasteiger partial charge in [-0.1, -0.05) is 18.2 Å². The van der Waals surface area contributed by atoms with Crippen molar-refractivity contribution in [2.75, 3.05) is 57.8 Å². The van der Waals surface area contributed by atoms with Crippen molar-refractivity contribution in [2.24, 2.45) is 4.99 Å². The predicted octanol–water partition coefficient (Wildman–Crippen LogP) is 5.46. The fraction of sp³-hybridized carbons (Fsp3) is 0.414. The molecule has 238 valence electrons. The largest absolute Gasteiger partial charge is 0.417 e. The van der Waals surface area contributed by atoms with Gasteiger partial charge in [-0.2, -0.15) is 13.2 Å². The average Bonchev–Trinajstić information content (AvgIpc) is 2.98. The highest BCUT2D eigenvalue weighted by Gasteiger charge is 2.43. The lowest BCUT2D eigenvalue weighted by molar-refractivity contribution is -0.137. The van der Waals surface area contributed by atoms with Gasteiger partial charge >= 0.3 is 6.18 Å². The molecule has 2 heterocycles. The Morgan fingerprint density at radius 1 is 1.23 bits per heavy atom. The van der Waals surface area contributed by atoms with E-state index >= 15 is 4.39 Å².